The van der Waals surface area contributed by atoms with Crippen LogP contribution in [0.1, 0.15) is 31.2 Å². The minimum Gasteiger partial charge on any atom is -0.378 e. The number of ether oxygens (including phenoxy) is 1. The Bertz CT molecular complexity index is 1530. The zero-order chi connectivity index (χ0) is 26.2. The van der Waals surface area contributed by atoms with Gasteiger partial charge in [-0.3, -0.25) is 14.8 Å². The molecule has 38 heavy (non-hydrogen) atoms. The average Bonchev–Trinajstić information content (AvgIpc) is 3.55. The molecular formula is C25H24N8O4S. The van der Waals surface area contributed by atoms with Crippen molar-refractivity contribution >= 4 is 45.1 Å². The molecular weight excluding hydrogens is 508 g/mol. The van der Waals surface area contributed by atoms with E-state index in [4.69, 9.17) is 19.9 Å². The summed E-state index contributed by atoms with van der Waals surface area (Å²) in [6, 6.07) is 7.70. The van der Waals surface area contributed by atoms with Gasteiger partial charge in [-0.05, 0) is 17.7 Å². The van der Waals surface area contributed by atoms with Crippen LogP contribution in [0.15, 0.2) is 36.7 Å². The molecule has 4 aromatic rings. The van der Waals surface area contributed by atoms with Crippen LogP contribution in [-0.4, -0.2) is 70.3 Å². The number of hydroxylamine groups is 1. The molecule has 0 saturated carbocycles. The number of amides is 2. The van der Waals surface area contributed by atoms with Gasteiger partial charge in [0.2, 0.25) is 5.95 Å². The molecule has 1 saturated heterocycles. The second kappa shape index (κ2) is 9.93. The molecule has 0 spiro atoms. The third kappa shape index (κ3) is 4.40. The Labute approximate surface area is 221 Å². The van der Waals surface area contributed by atoms with Crippen molar-refractivity contribution < 1.29 is 19.5 Å². The summed E-state index contributed by atoms with van der Waals surface area (Å²) in [6.45, 7) is 3.69. The Morgan fingerprint density at radius 2 is 1.97 bits per heavy atom. The number of thiophene rings is 1. The van der Waals surface area contributed by atoms with E-state index in [2.05, 4.69) is 20.2 Å². The number of aromatic nitrogens is 4. The average molecular weight is 533 g/mol. The lowest BCUT2D eigenvalue weighted by atomic mass is 10.0. The van der Waals surface area contributed by atoms with Crippen LogP contribution in [-0.2, 0) is 17.8 Å². The molecule has 0 radical (unpaired) electrons. The van der Waals surface area contributed by atoms with Gasteiger partial charge in [0.15, 0.2) is 11.6 Å². The molecule has 2 aliphatic rings. The van der Waals surface area contributed by atoms with E-state index in [0.29, 0.717) is 43.6 Å². The van der Waals surface area contributed by atoms with Crippen LogP contribution >= 0.6 is 11.3 Å². The van der Waals surface area contributed by atoms with Crippen LogP contribution in [0.2, 0.25) is 0 Å². The first-order valence-corrected chi connectivity index (χ1v) is 12.8. The van der Waals surface area contributed by atoms with Crippen LogP contribution in [0.5, 0.6) is 0 Å². The molecule has 5 heterocycles. The van der Waals surface area contributed by atoms with Crippen LogP contribution < -0.4 is 20.6 Å². The molecule has 6 rings (SSSR count). The summed E-state index contributed by atoms with van der Waals surface area (Å²) in [5.41, 5.74) is 4.99. The normalized spacial score (nSPS) is 14.9. The Kier molecular flexibility index (Phi) is 6.31. The summed E-state index contributed by atoms with van der Waals surface area (Å²) in [5.74, 6) is 1.14. The number of nitrogens with one attached hydrogen (secondary N) is 2. The standard InChI is InChI=1S/C25H24N8O4S/c1-32(25-27-10-14(11-28-25)23(34)31-36)13-15-9-19-20(38-15)22(33-5-7-37-8-6-33)30-21(29-19)16-3-2-4-17-18(16)12-26-24(17)35/h2-4,9-11,36H,5-8,12-13H2,1H3,(H,26,35)(H,31,34). The maximum Gasteiger partial charge on any atom is 0.277 e. The second-order valence-corrected chi connectivity index (χ2v) is 10.1. The highest BCUT2D eigenvalue weighted by molar-refractivity contribution is 7.19. The van der Waals surface area contributed by atoms with Gasteiger partial charge in [-0.2, -0.15) is 0 Å². The van der Waals surface area contributed by atoms with Gasteiger partial charge in [0.1, 0.15) is 0 Å². The van der Waals surface area contributed by atoms with Gasteiger partial charge in [0, 0.05) is 55.1 Å². The summed E-state index contributed by atoms with van der Waals surface area (Å²) in [4.78, 5) is 47.4. The lowest BCUT2D eigenvalue weighted by Crippen LogP contribution is -2.36. The van der Waals surface area contributed by atoms with E-state index in [1.165, 1.54) is 12.4 Å². The number of fused-ring (bicyclic) bond motifs is 2. The van der Waals surface area contributed by atoms with E-state index in [-0.39, 0.29) is 11.5 Å². The van der Waals surface area contributed by atoms with Crippen LogP contribution in [0.4, 0.5) is 11.8 Å². The molecule has 3 N–H and O–H groups in total. The molecule has 0 aliphatic carbocycles. The van der Waals surface area contributed by atoms with Crippen molar-refractivity contribution in [2.45, 2.75) is 13.1 Å². The summed E-state index contributed by atoms with van der Waals surface area (Å²) < 4.78 is 6.55. The monoisotopic (exact) mass is 532 g/mol. The predicted molar refractivity (Wildman–Crippen MR) is 140 cm³/mol. The van der Waals surface area contributed by atoms with Gasteiger partial charge < -0.3 is 19.9 Å². The minimum absolute atomic E-state index is 0.0792. The first-order valence-electron chi connectivity index (χ1n) is 12.0. The number of morpholine rings is 1. The quantitative estimate of drug-likeness (QED) is 0.249. The molecule has 1 aromatic carbocycles. The van der Waals surface area contributed by atoms with E-state index < -0.39 is 5.91 Å². The smallest absolute Gasteiger partial charge is 0.277 e. The zero-order valence-electron chi connectivity index (χ0n) is 20.5. The molecule has 3 aromatic heterocycles. The number of carbonyl (C=O) groups excluding carboxylic acids is 2. The summed E-state index contributed by atoms with van der Waals surface area (Å²) >= 11 is 1.61. The van der Waals surface area contributed by atoms with Crippen molar-refractivity contribution in [3.63, 3.8) is 0 Å². The van der Waals surface area contributed by atoms with E-state index in [1.54, 1.807) is 16.8 Å². The predicted octanol–water partition coefficient (Wildman–Crippen LogP) is 1.98. The summed E-state index contributed by atoms with van der Waals surface area (Å²) in [7, 11) is 1.86. The van der Waals surface area contributed by atoms with Crippen LogP contribution in [0.3, 0.4) is 0 Å². The SMILES string of the molecule is CN(Cc1cc2nc(-c3cccc4c3CNC4=O)nc(N3CCOCC3)c2s1)c1ncc(C(=O)NO)cn1. The maximum absolute atomic E-state index is 12.2. The number of anilines is 2. The second-order valence-electron chi connectivity index (χ2n) is 8.98. The number of benzene rings is 1. The van der Waals surface area contributed by atoms with Crippen LogP contribution in [0.25, 0.3) is 21.6 Å². The maximum atomic E-state index is 12.2. The summed E-state index contributed by atoms with van der Waals surface area (Å²) in [6.07, 6.45) is 2.73. The topological polar surface area (TPSA) is 146 Å². The molecule has 0 bridgehead atoms. The van der Waals surface area contributed by atoms with E-state index in [0.717, 1.165) is 45.1 Å². The van der Waals surface area contributed by atoms with Crippen molar-refractivity contribution in [3.8, 4) is 11.4 Å². The number of nitrogens with zero attached hydrogens (tertiary/aromatic N) is 6. The highest BCUT2D eigenvalue weighted by atomic mass is 32.1. The van der Waals surface area contributed by atoms with Gasteiger partial charge in [0.05, 0.1) is 35.5 Å². The molecule has 1 fully saturated rings. The Hall–Kier alpha value is -4.20. The van der Waals surface area contributed by atoms with E-state index >= 15 is 0 Å². The first-order chi connectivity index (χ1) is 18.5. The van der Waals surface area contributed by atoms with E-state index in [1.807, 2.05) is 36.2 Å². The molecule has 0 atom stereocenters. The van der Waals surface area contributed by atoms with Crippen molar-refractivity contribution in [1.82, 2.24) is 30.7 Å². The minimum atomic E-state index is -0.669. The Morgan fingerprint density at radius 3 is 2.74 bits per heavy atom. The molecule has 2 aliphatic heterocycles. The number of hydrogen-bond acceptors (Lipinski definition) is 11. The van der Waals surface area contributed by atoms with Crippen LogP contribution in [0, 0.1) is 0 Å². The van der Waals surface area contributed by atoms with Gasteiger partial charge in [-0.15, -0.1) is 11.3 Å². The fourth-order valence-corrected chi connectivity index (χ4v) is 5.79. The van der Waals surface area contributed by atoms with Gasteiger partial charge >= 0.3 is 0 Å². The fourth-order valence-electron chi connectivity index (χ4n) is 4.62. The highest BCUT2D eigenvalue weighted by Crippen LogP contribution is 2.36. The lowest BCUT2D eigenvalue weighted by Gasteiger charge is -2.28. The number of hydrogen-bond donors (Lipinski definition) is 3. The first kappa shape index (κ1) is 24.2. The number of rotatable bonds is 6. The zero-order valence-corrected chi connectivity index (χ0v) is 21.3. The van der Waals surface area contributed by atoms with Crippen molar-refractivity contribution in [1.29, 1.82) is 0 Å². The van der Waals surface area contributed by atoms with Crippen molar-refractivity contribution in [2.24, 2.45) is 0 Å². The lowest BCUT2D eigenvalue weighted by molar-refractivity contribution is 0.0705. The largest absolute Gasteiger partial charge is 0.378 e. The molecule has 194 valence electrons. The van der Waals surface area contributed by atoms with Crippen molar-refractivity contribution in [2.75, 3.05) is 43.2 Å². The Balaban J connectivity index is 1.37. The van der Waals surface area contributed by atoms with Crippen molar-refractivity contribution in [3.05, 3.63) is 58.2 Å². The molecule has 0 unspecified atom stereocenters. The third-order valence-corrected chi connectivity index (χ3v) is 7.64. The molecule has 13 heteroatoms. The fraction of sp³-hybridized carbons (Fsp3) is 0.280. The number of carbonyl (C=O) groups is 2. The Morgan fingerprint density at radius 1 is 1.21 bits per heavy atom. The van der Waals surface area contributed by atoms with Gasteiger partial charge in [0.25, 0.3) is 11.8 Å². The molecule has 12 nitrogen and oxygen atoms in total. The van der Waals surface area contributed by atoms with E-state index in [9.17, 15) is 9.59 Å². The summed E-state index contributed by atoms with van der Waals surface area (Å²) in [5, 5.41) is 11.7. The third-order valence-electron chi connectivity index (χ3n) is 6.54. The van der Waals surface area contributed by atoms with Gasteiger partial charge in [-0.1, -0.05) is 12.1 Å². The molecule has 2 amide bonds. The highest BCUT2D eigenvalue weighted by Gasteiger charge is 2.25. The van der Waals surface area contributed by atoms with Gasteiger partial charge in [-0.25, -0.2) is 25.4 Å².